The average molecular weight is 346 g/mol. The van der Waals surface area contributed by atoms with Crippen LogP contribution < -0.4 is 5.32 Å². The monoisotopic (exact) mass is 345 g/mol. The largest absolute Gasteiger partial charge is 0.316 e. The molecule has 0 heterocycles. The summed E-state index contributed by atoms with van der Waals surface area (Å²) >= 11 is 3.34. The zero-order chi connectivity index (χ0) is 14.0. The van der Waals surface area contributed by atoms with E-state index in [0.29, 0.717) is 10.8 Å². The van der Waals surface area contributed by atoms with E-state index in [4.69, 9.17) is 0 Å². The smallest absolute Gasteiger partial charge is 0.182 e. The molecule has 0 aromatic heterocycles. The molecule has 0 radical (unpaired) electrons. The first-order valence-corrected chi connectivity index (χ1v) is 8.96. The Labute approximate surface area is 123 Å². The lowest BCUT2D eigenvalue weighted by Crippen LogP contribution is -2.46. The minimum atomic E-state index is -3.26. The molecule has 1 aliphatic rings. The van der Waals surface area contributed by atoms with Gasteiger partial charge in [0.1, 0.15) is 0 Å². The standard InChI is InChI=1S/C14H20BrNO2S/c1-10-3-8-13(16-2)14(9-10)19(17,18)12-6-4-11(15)5-7-12/h4-7,10,13-14,16H,3,8-9H2,1-2H3. The summed E-state index contributed by atoms with van der Waals surface area (Å²) < 4.78 is 26.4. The van der Waals surface area contributed by atoms with Gasteiger partial charge in [0.15, 0.2) is 9.84 Å². The average Bonchev–Trinajstić information content (AvgIpc) is 2.39. The van der Waals surface area contributed by atoms with Gasteiger partial charge in [-0.1, -0.05) is 22.9 Å². The Hall–Kier alpha value is -0.390. The van der Waals surface area contributed by atoms with Gasteiger partial charge in [-0.2, -0.15) is 0 Å². The molecule has 1 fully saturated rings. The normalized spacial score (nSPS) is 28.3. The Morgan fingerprint density at radius 3 is 2.42 bits per heavy atom. The number of nitrogens with one attached hydrogen (secondary N) is 1. The number of hydrogen-bond acceptors (Lipinski definition) is 3. The predicted molar refractivity (Wildman–Crippen MR) is 81.0 cm³/mol. The Bertz CT molecular complexity index is 527. The van der Waals surface area contributed by atoms with Crippen molar-refractivity contribution in [1.82, 2.24) is 5.32 Å². The SMILES string of the molecule is CNC1CCC(C)CC1S(=O)(=O)c1ccc(Br)cc1. The fourth-order valence-corrected chi connectivity index (χ4v) is 5.22. The summed E-state index contributed by atoms with van der Waals surface area (Å²) in [5.74, 6) is 0.472. The molecule has 0 bridgehead atoms. The molecule has 1 aliphatic carbocycles. The van der Waals surface area contributed by atoms with Crippen molar-refractivity contribution in [2.75, 3.05) is 7.05 Å². The quantitative estimate of drug-likeness (QED) is 0.915. The number of hydrogen-bond donors (Lipinski definition) is 1. The summed E-state index contributed by atoms with van der Waals surface area (Å²) in [5, 5.41) is 2.86. The van der Waals surface area contributed by atoms with Crippen LogP contribution in [-0.2, 0) is 9.84 Å². The Morgan fingerprint density at radius 1 is 1.21 bits per heavy atom. The summed E-state index contributed by atoms with van der Waals surface area (Å²) in [6, 6.07) is 7.00. The van der Waals surface area contributed by atoms with E-state index in [0.717, 1.165) is 23.7 Å². The van der Waals surface area contributed by atoms with Crippen molar-refractivity contribution in [3.05, 3.63) is 28.7 Å². The summed E-state index contributed by atoms with van der Waals surface area (Å²) in [7, 11) is -1.40. The first kappa shape index (κ1) is 15.0. The lowest BCUT2D eigenvalue weighted by Gasteiger charge is -2.34. The molecule has 3 unspecified atom stereocenters. The summed E-state index contributed by atoms with van der Waals surface area (Å²) in [4.78, 5) is 0.426. The van der Waals surface area contributed by atoms with Crippen LogP contribution >= 0.6 is 15.9 Å². The van der Waals surface area contributed by atoms with Gasteiger partial charge in [0.25, 0.3) is 0 Å². The van der Waals surface area contributed by atoms with Crippen LogP contribution in [0.2, 0.25) is 0 Å². The van der Waals surface area contributed by atoms with Crippen molar-refractivity contribution >= 4 is 25.8 Å². The van der Waals surface area contributed by atoms with Crippen LogP contribution in [-0.4, -0.2) is 26.8 Å². The maximum Gasteiger partial charge on any atom is 0.182 e. The van der Waals surface area contributed by atoms with E-state index in [2.05, 4.69) is 28.2 Å². The van der Waals surface area contributed by atoms with Crippen molar-refractivity contribution in [2.45, 2.75) is 42.4 Å². The molecule has 1 N–H and O–H groups in total. The zero-order valence-electron chi connectivity index (χ0n) is 11.3. The molecule has 1 saturated carbocycles. The van der Waals surface area contributed by atoms with Gasteiger partial charge in [-0.05, 0) is 56.5 Å². The first-order chi connectivity index (χ1) is 8.95. The van der Waals surface area contributed by atoms with Crippen LogP contribution in [0.15, 0.2) is 33.6 Å². The summed E-state index contributed by atoms with van der Waals surface area (Å²) in [5.41, 5.74) is 0. The van der Waals surface area contributed by atoms with E-state index in [9.17, 15) is 8.42 Å². The number of benzene rings is 1. The molecule has 106 valence electrons. The van der Waals surface area contributed by atoms with Crippen molar-refractivity contribution in [2.24, 2.45) is 5.92 Å². The Kier molecular flexibility index (Phi) is 4.69. The molecule has 3 nitrogen and oxygen atoms in total. The topological polar surface area (TPSA) is 46.2 Å². The van der Waals surface area contributed by atoms with Gasteiger partial charge in [-0.25, -0.2) is 8.42 Å². The molecule has 3 atom stereocenters. The van der Waals surface area contributed by atoms with E-state index in [1.54, 1.807) is 24.3 Å². The highest BCUT2D eigenvalue weighted by atomic mass is 79.9. The van der Waals surface area contributed by atoms with Crippen molar-refractivity contribution in [1.29, 1.82) is 0 Å². The van der Waals surface area contributed by atoms with Crippen LogP contribution in [0.25, 0.3) is 0 Å². The Morgan fingerprint density at radius 2 is 1.84 bits per heavy atom. The Balaban J connectivity index is 2.33. The highest BCUT2D eigenvalue weighted by Gasteiger charge is 2.37. The van der Waals surface area contributed by atoms with Gasteiger partial charge in [0.05, 0.1) is 10.1 Å². The lowest BCUT2D eigenvalue weighted by molar-refractivity contribution is 0.319. The maximum atomic E-state index is 12.8. The van der Waals surface area contributed by atoms with Gasteiger partial charge >= 0.3 is 0 Å². The number of halogens is 1. The lowest BCUT2D eigenvalue weighted by atomic mass is 9.87. The molecule has 2 rings (SSSR count). The third kappa shape index (κ3) is 3.20. The highest BCUT2D eigenvalue weighted by Crippen LogP contribution is 2.32. The van der Waals surface area contributed by atoms with Gasteiger partial charge in [-0.3, -0.25) is 0 Å². The van der Waals surface area contributed by atoms with Gasteiger partial charge in [-0.15, -0.1) is 0 Å². The number of sulfone groups is 1. The first-order valence-electron chi connectivity index (χ1n) is 6.62. The molecule has 0 spiro atoms. The van der Waals surface area contributed by atoms with E-state index >= 15 is 0 Å². The third-order valence-electron chi connectivity index (χ3n) is 3.97. The van der Waals surface area contributed by atoms with Crippen LogP contribution in [0.5, 0.6) is 0 Å². The van der Waals surface area contributed by atoms with Crippen LogP contribution in [0.3, 0.4) is 0 Å². The molecular formula is C14H20BrNO2S. The maximum absolute atomic E-state index is 12.8. The fourth-order valence-electron chi connectivity index (χ4n) is 2.80. The van der Waals surface area contributed by atoms with Crippen LogP contribution in [0, 0.1) is 5.92 Å². The van der Waals surface area contributed by atoms with E-state index < -0.39 is 9.84 Å². The summed E-state index contributed by atoms with van der Waals surface area (Å²) in [6.45, 7) is 2.13. The molecule has 19 heavy (non-hydrogen) atoms. The minimum absolute atomic E-state index is 0.0600. The van der Waals surface area contributed by atoms with Gasteiger partial charge in [0.2, 0.25) is 0 Å². The van der Waals surface area contributed by atoms with Gasteiger partial charge < -0.3 is 5.32 Å². The number of rotatable bonds is 3. The summed E-state index contributed by atoms with van der Waals surface area (Å²) in [6.07, 6.45) is 2.76. The molecular weight excluding hydrogens is 326 g/mol. The molecule has 0 aliphatic heterocycles. The molecule has 1 aromatic carbocycles. The van der Waals surface area contributed by atoms with E-state index in [-0.39, 0.29) is 11.3 Å². The van der Waals surface area contributed by atoms with Gasteiger partial charge in [0, 0.05) is 10.5 Å². The van der Waals surface area contributed by atoms with E-state index in [1.807, 2.05) is 7.05 Å². The van der Waals surface area contributed by atoms with Crippen molar-refractivity contribution in [3.63, 3.8) is 0 Å². The second-order valence-electron chi connectivity index (χ2n) is 5.35. The van der Waals surface area contributed by atoms with Crippen LogP contribution in [0.4, 0.5) is 0 Å². The van der Waals surface area contributed by atoms with Crippen molar-refractivity contribution in [3.8, 4) is 0 Å². The second-order valence-corrected chi connectivity index (χ2v) is 8.43. The van der Waals surface area contributed by atoms with Crippen LogP contribution in [0.1, 0.15) is 26.2 Å². The molecule has 0 saturated heterocycles. The predicted octanol–water partition coefficient (Wildman–Crippen LogP) is 3.00. The minimum Gasteiger partial charge on any atom is -0.316 e. The molecule has 5 heteroatoms. The second kappa shape index (κ2) is 5.94. The van der Waals surface area contributed by atoms with E-state index in [1.165, 1.54) is 0 Å². The third-order valence-corrected chi connectivity index (χ3v) is 6.74. The zero-order valence-corrected chi connectivity index (χ0v) is 13.7. The van der Waals surface area contributed by atoms with Crippen molar-refractivity contribution < 1.29 is 8.42 Å². The highest BCUT2D eigenvalue weighted by molar-refractivity contribution is 9.10. The molecule has 1 aromatic rings. The fraction of sp³-hybridized carbons (Fsp3) is 0.571. The molecule has 0 amide bonds.